The standard InChI is InChI=1S/C21H19N5O2/c1-2-5-19(27)24-16-8-4-9-17(13-16)25-21-23-11-10-18(26-21)14-6-3-7-15(12-14)20(22)28/h2-4,6-13H,1,5H2,(H2,22,28)(H,24,27)(H,23,25,26). The quantitative estimate of drug-likeness (QED) is 0.549. The monoisotopic (exact) mass is 373 g/mol. The van der Waals surface area contributed by atoms with Gasteiger partial charge in [0.2, 0.25) is 17.8 Å². The van der Waals surface area contributed by atoms with Gasteiger partial charge in [-0.15, -0.1) is 6.58 Å². The molecule has 2 amide bonds. The molecule has 0 saturated heterocycles. The van der Waals surface area contributed by atoms with Gasteiger partial charge >= 0.3 is 0 Å². The molecule has 7 nitrogen and oxygen atoms in total. The van der Waals surface area contributed by atoms with Gasteiger partial charge in [-0.2, -0.15) is 0 Å². The molecule has 1 heterocycles. The lowest BCUT2D eigenvalue weighted by atomic mass is 10.1. The summed E-state index contributed by atoms with van der Waals surface area (Å²) in [4.78, 5) is 31.8. The van der Waals surface area contributed by atoms with Gasteiger partial charge in [-0.1, -0.05) is 24.3 Å². The van der Waals surface area contributed by atoms with Crippen LogP contribution in [0.3, 0.4) is 0 Å². The summed E-state index contributed by atoms with van der Waals surface area (Å²) in [6.07, 6.45) is 3.41. The molecule has 1 aromatic heterocycles. The molecule has 0 bridgehead atoms. The van der Waals surface area contributed by atoms with Gasteiger partial charge in [-0.05, 0) is 36.4 Å². The van der Waals surface area contributed by atoms with E-state index >= 15 is 0 Å². The smallest absolute Gasteiger partial charge is 0.248 e. The van der Waals surface area contributed by atoms with Crippen molar-refractivity contribution in [3.05, 3.63) is 79.0 Å². The van der Waals surface area contributed by atoms with Crippen LogP contribution in [0.5, 0.6) is 0 Å². The summed E-state index contributed by atoms with van der Waals surface area (Å²) in [6, 6.07) is 15.9. The first kappa shape index (κ1) is 18.8. The number of nitrogens with zero attached hydrogens (tertiary/aromatic N) is 2. The third-order valence-electron chi connectivity index (χ3n) is 3.83. The van der Waals surface area contributed by atoms with Crippen molar-refractivity contribution >= 4 is 29.1 Å². The van der Waals surface area contributed by atoms with E-state index in [4.69, 9.17) is 5.73 Å². The van der Waals surface area contributed by atoms with Crippen molar-refractivity contribution in [1.82, 2.24) is 9.97 Å². The van der Waals surface area contributed by atoms with Crippen LogP contribution in [0.15, 0.2) is 73.4 Å². The maximum Gasteiger partial charge on any atom is 0.248 e. The predicted molar refractivity (Wildman–Crippen MR) is 109 cm³/mol. The Hall–Kier alpha value is -4.00. The molecule has 3 aromatic rings. The number of carbonyl (C=O) groups is 2. The molecule has 0 spiro atoms. The SMILES string of the molecule is C=CCC(=O)Nc1cccc(Nc2nccc(-c3cccc(C(N)=O)c3)n2)c1. The maximum atomic E-state index is 11.7. The number of amides is 2. The molecule has 140 valence electrons. The van der Waals surface area contributed by atoms with Gasteiger partial charge < -0.3 is 16.4 Å². The van der Waals surface area contributed by atoms with Crippen LogP contribution in [0.2, 0.25) is 0 Å². The number of aromatic nitrogens is 2. The number of hydrogen-bond acceptors (Lipinski definition) is 5. The van der Waals surface area contributed by atoms with Crippen molar-refractivity contribution in [2.45, 2.75) is 6.42 Å². The lowest BCUT2D eigenvalue weighted by Gasteiger charge is -2.09. The molecule has 0 unspecified atom stereocenters. The predicted octanol–water partition coefficient (Wildman–Crippen LogP) is 3.50. The zero-order chi connectivity index (χ0) is 19.9. The average Bonchev–Trinajstić information content (AvgIpc) is 2.69. The summed E-state index contributed by atoms with van der Waals surface area (Å²) < 4.78 is 0. The zero-order valence-electron chi connectivity index (χ0n) is 15.1. The summed E-state index contributed by atoms with van der Waals surface area (Å²) in [7, 11) is 0. The molecule has 28 heavy (non-hydrogen) atoms. The fourth-order valence-electron chi connectivity index (χ4n) is 2.56. The molecule has 3 rings (SSSR count). The summed E-state index contributed by atoms with van der Waals surface area (Å²) in [5.74, 6) is -0.249. The van der Waals surface area contributed by atoms with Crippen LogP contribution in [0.25, 0.3) is 11.3 Å². The topological polar surface area (TPSA) is 110 Å². The van der Waals surface area contributed by atoms with E-state index in [0.717, 1.165) is 11.3 Å². The van der Waals surface area contributed by atoms with Crippen LogP contribution in [0.4, 0.5) is 17.3 Å². The largest absolute Gasteiger partial charge is 0.366 e. The molecule has 2 aromatic carbocycles. The highest BCUT2D eigenvalue weighted by Gasteiger charge is 2.07. The number of rotatable bonds is 7. The Morgan fingerprint density at radius 1 is 1.07 bits per heavy atom. The Morgan fingerprint density at radius 3 is 2.64 bits per heavy atom. The van der Waals surface area contributed by atoms with E-state index in [1.807, 2.05) is 18.2 Å². The van der Waals surface area contributed by atoms with E-state index in [-0.39, 0.29) is 12.3 Å². The molecule has 0 aliphatic carbocycles. The first-order valence-electron chi connectivity index (χ1n) is 8.56. The van der Waals surface area contributed by atoms with E-state index in [9.17, 15) is 9.59 Å². The second-order valence-corrected chi connectivity index (χ2v) is 5.96. The summed E-state index contributed by atoms with van der Waals surface area (Å²) in [6.45, 7) is 3.55. The van der Waals surface area contributed by atoms with Crippen LogP contribution in [0, 0.1) is 0 Å². The van der Waals surface area contributed by atoms with Gasteiger partial charge in [0.05, 0.1) is 5.69 Å². The van der Waals surface area contributed by atoms with Crippen molar-refractivity contribution in [3.8, 4) is 11.3 Å². The minimum atomic E-state index is -0.496. The maximum absolute atomic E-state index is 11.7. The lowest BCUT2D eigenvalue weighted by molar-refractivity contribution is -0.115. The third kappa shape index (κ3) is 4.79. The average molecular weight is 373 g/mol. The summed E-state index contributed by atoms with van der Waals surface area (Å²) in [5, 5.41) is 5.90. The molecule has 7 heteroatoms. The minimum Gasteiger partial charge on any atom is -0.366 e. The van der Waals surface area contributed by atoms with Gasteiger partial charge in [0.15, 0.2) is 0 Å². The normalized spacial score (nSPS) is 10.1. The van der Waals surface area contributed by atoms with Gasteiger partial charge in [-0.3, -0.25) is 9.59 Å². The summed E-state index contributed by atoms with van der Waals surface area (Å²) >= 11 is 0. The Balaban J connectivity index is 1.80. The van der Waals surface area contributed by atoms with Gasteiger partial charge in [-0.25, -0.2) is 9.97 Å². The molecular weight excluding hydrogens is 354 g/mol. The molecule has 4 N–H and O–H groups in total. The fourth-order valence-corrected chi connectivity index (χ4v) is 2.56. The first-order chi connectivity index (χ1) is 13.5. The summed E-state index contributed by atoms with van der Waals surface area (Å²) in [5.41, 5.74) is 8.53. The highest BCUT2D eigenvalue weighted by molar-refractivity contribution is 5.94. The molecule has 0 atom stereocenters. The Morgan fingerprint density at radius 2 is 1.86 bits per heavy atom. The molecule has 0 fully saturated rings. The van der Waals surface area contributed by atoms with E-state index in [0.29, 0.717) is 22.9 Å². The molecule has 0 saturated carbocycles. The van der Waals surface area contributed by atoms with Gasteiger partial charge in [0.1, 0.15) is 0 Å². The van der Waals surface area contributed by atoms with Crippen molar-refractivity contribution in [3.63, 3.8) is 0 Å². The fraction of sp³-hybridized carbons (Fsp3) is 0.0476. The number of nitrogens with one attached hydrogen (secondary N) is 2. The number of benzene rings is 2. The van der Waals surface area contributed by atoms with E-state index in [1.54, 1.807) is 48.7 Å². The van der Waals surface area contributed by atoms with Crippen LogP contribution >= 0.6 is 0 Å². The third-order valence-corrected chi connectivity index (χ3v) is 3.83. The van der Waals surface area contributed by atoms with Crippen LogP contribution in [-0.4, -0.2) is 21.8 Å². The lowest BCUT2D eigenvalue weighted by Crippen LogP contribution is -2.10. The van der Waals surface area contributed by atoms with Crippen LogP contribution in [0.1, 0.15) is 16.8 Å². The van der Waals surface area contributed by atoms with E-state index in [2.05, 4.69) is 27.2 Å². The van der Waals surface area contributed by atoms with Crippen molar-refractivity contribution < 1.29 is 9.59 Å². The second kappa shape index (κ2) is 8.59. The second-order valence-electron chi connectivity index (χ2n) is 5.96. The first-order valence-corrected chi connectivity index (χ1v) is 8.56. The minimum absolute atomic E-state index is 0.139. The van der Waals surface area contributed by atoms with Crippen molar-refractivity contribution in [2.24, 2.45) is 5.73 Å². The number of carbonyl (C=O) groups excluding carboxylic acids is 2. The highest BCUT2D eigenvalue weighted by Crippen LogP contribution is 2.22. The molecule has 0 aliphatic rings. The van der Waals surface area contributed by atoms with Crippen LogP contribution in [-0.2, 0) is 4.79 Å². The number of anilines is 3. The van der Waals surface area contributed by atoms with Crippen molar-refractivity contribution in [2.75, 3.05) is 10.6 Å². The van der Waals surface area contributed by atoms with Crippen LogP contribution < -0.4 is 16.4 Å². The number of hydrogen-bond donors (Lipinski definition) is 3. The molecule has 0 radical (unpaired) electrons. The van der Waals surface area contributed by atoms with Gasteiger partial charge in [0, 0.05) is 35.1 Å². The Kier molecular flexibility index (Phi) is 5.76. The Labute approximate surface area is 162 Å². The molecule has 0 aliphatic heterocycles. The van der Waals surface area contributed by atoms with Crippen molar-refractivity contribution in [1.29, 1.82) is 0 Å². The molecular formula is C21H19N5O2. The van der Waals surface area contributed by atoms with E-state index < -0.39 is 5.91 Å². The number of nitrogens with two attached hydrogens (primary N) is 1. The van der Waals surface area contributed by atoms with E-state index in [1.165, 1.54) is 0 Å². The Bertz CT molecular complexity index is 1030. The number of primary amides is 1. The highest BCUT2D eigenvalue weighted by atomic mass is 16.1. The van der Waals surface area contributed by atoms with Gasteiger partial charge in [0.25, 0.3) is 0 Å². The zero-order valence-corrected chi connectivity index (χ0v) is 15.1.